The number of hydrogen-bond donors (Lipinski definition) is 0. The zero-order valence-corrected chi connectivity index (χ0v) is 10.9. The lowest BCUT2D eigenvalue weighted by molar-refractivity contribution is -0.0500. The van der Waals surface area contributed by atoms with Gasteiger partial charge in [-0.15, -0.1) is 0 Å². The lowest BCUT2D eigenvalue weighted by atomic mass is 9.81. The fraction of sp³-hybridized carbons (Fsp3) is 0.800. The summed E-state index contributed by atoms with van der Waals surface area (Å²) in [6.07, 6.45) is 5.67. The molecule has 3 heteroatoms. The van der Waals surface area contributed by atoms with Gasteiger partial charge in [0.1, 0.15) is 5.60 Å². The molecule has 0 aromatic heterocycles. The fourth-order valence-corrected chi connectivity index (χ4v) is 6.01. The van der Waals surface area contributed by atoms with E-state index in [0.29, 0.717) is 0 Å². The van der Waals surface area contributed by atoms with E-state index < -0.39 is 0 Å². The van der Waals surface area contributed by atoms with E-state index in [1.807, 2.05) is 0 Å². The highest BCUT2D eigenvalue weighted by molar-refractivity contribution is 9.10. The summed E-state index contributed by atoms with van der Waals surface area (Å²) in [6.45, 7) is 4.38. The lowest BCUT2D eigenvalue weighted by Gasteiger charge is -2.28. The van der Waals surface area contributed by atoms with Gasteiger partial charge in [0.25, 0.3) is 0 Å². The Morgan fingerprint density at radius 2 is 1.92 bits per heavy atom. The Labute approximate surface area is 95.2 Å². The van der Waals surface area contributed by atoms with Gasteiger partial charge in [0.2, 0.25) is 0 Å². The Hall–Kier alpha value is 0.660. The van der Waals surface area contributed by atoms with Crippen LogP contribution >= 0.6 is 31.9 Å². The molecule has 1 saturated heterocycles. The summed E-state index contributed by atoms with van der Waals surface area (Å²) < 4.78 is 6.30. The van der Waals surface area contributed by atoms with E-state index in [2.05, 4.69) is 57.9 Å². The van der Waals surface area contributed by atoms with Gasteiger partial charge in [0, 0.05) is 10.7 Å². The molecule has 0 aromatic rings. The van der Waals surface area contributed by atoms with Crippen molar-refractivity contribution in [1.29, 1.82) is 0 Å². The van der Waals surface area contributed by atoms with Crippen molar-refractivity contribution in [2.45, 2.75) is 35.8 Å². The molecule has 1 saturated carbocycles. The van der Waals surface area contributed by atoms with Gasteiger partial charge < -0.3 is 4.74 Å². The largest absolute Gasteiger partial charge is 0.359 e. The summed E-state index contributed by atoms with van der Waals surface area (Å²) in [4.78, 5) is 0. The van der Waals surface area contributed by atoms with Crippen molar-refractivity contribution in [3.8, 4) is 0 Å². The summed E-state index contributed by atoms with van der Waals surface area (Å²) in [5, 5.41) is 1.02. The quantitative estimate of drug-likeness (QED) is 0.534. The number of ether oxygens (including phenoxy) is 1. The maximum absolute atomic E-state index is 6.12. The molecule has 1 aliphatic carbocycles. The van der Waals surface area contributed by atoms with Crippen molar-refractivity contribution in [1.82, 2.24) is 0 Å². The van der Waals surface area contributed by atoms with Crippen LogP contribution in [0.1, 0.15) is 20.3 Å². The minimum absolute atomic E-state index is 0.0608. The molecule has 0 radical (unpaired) electrons. The molecule has 3 aliphatic rings. The second-order valence-corrected chi connectivity index (χ2v) is 6.76. The van der Waals surface area contributed by atoms with Crippen molar-refractivity contribution < 1.29 is 4.74 Å². The van der Waals surface area contributed by atoms with Gasteiger partial charge in [0.05, 0.1) is 9.93 Å². The van der Waals surface area contributed by atoms with Crippen LogP contribution in [0.25, 0.3) is 0 Å². The van der Waals surface area contributed by atoms with E-state index in [4.69, 9.17) is 4.74 Å². The third kappa shape index (κ3) is 0.633. The van der Waals surface area contributed by atoms with Gasteiger partial charge in [-0.25, -0.2) is 0 Å². The van der Waals surface area contributed by atoms with Gasteiger partial charge in [-0.1, -0.05) is 44.0 Å². The van der Waals surface area contributed by atoms with Crippen molar-refractivity contribution in [3.63, 3.8) is 0 Å². The van der Waals surface area contributed by atoms with Crippen LogP contribution in [-0.2, 0) is 4.74 Å². The predicted octanol–water partition coefficient (Wildman–Crippen LogP) is 3.02. The molecular weight excluding hydrogens is 296 g/mol. The van der Waals surface area contributed by atoms with Gasteiger partial charge in [-0.3, -0.25) is 0 Å². The van der Waals surface area contributed by atoms with Crippen LogP contribution in [-0.4, -0.2) is 20.9 Å². The van der Waals surface area contributed by atoms with Gasteiger partial charge in [-0.05, 0) is 20.3 Å². The molecule has 1 nitrogen and oxygen atoms in total. The van der Waals surface area contributed by atoms with E-state index in [1.165, 1.54) is 6.42 Å². The first kappa shape index (κ1) is 8.93. The molecule has 0 spiro atoms. The molecular formula is C10H12Br2O. The van der Waals surface area contributed by atoms with Crippen LogP contribution < -0.4 is 0 Å². The van der Waals surface area contributed by atoms with E-state index in [9.17, 15) is 0 Å². The maximum Gasteiger partial charge on any atom is 0.101 e. The number of halogens is 2. The summed E-state index contributed by atoms with van der Waals surface area (Å²) in [7, 11) is 0. The standard InChI is InChI=1S/C10H12Br2O/c1-7-3-4-8(2,13-7)10(12)5-9(7,10)6-11/h3-4H,5-6H2,1-2H3/t7-,8+,9+,10-/m0/s1. The molecule has 0 aromatic carbocycles. The summed E-state index contributed by atoms with van der Waals surface area (Å²) in [6, 6.07) is 0. The third-order valence-electron chi connectivity index (χ3n) is 4.29. The lowest BCUT2D eigenvalue weighted by Crippen LogP contribution is -2.36. The van der Waals surface area contributed by atoms with Crippen LogP contribution in [0.2, 0.25) is 0 Å². The van der Waals surface area contributed by atoms with Gasteiger partial charge >= 0.3 is 0 Å². The molecule has 72 valence electrons. The zero-order chi connectivity index (χ0) is 9.54. The Balaban J connectivity index is 2.20. The topological polar surface area (TPSA) is 9.23 Å². The molecule has 0 N–H and O–H groups in total. The third-order valence-corrected chi connectivity index (χ3v) is 7.07. The van der Waals surface area contributed by atoms with Crippen LogP contribution in [0.3, 0.4) is 0 Å². The van der Waals surface area contributed by atoms with E-state index in [1.54, 1.807) is 0 Å². The first-order valence-electron chi connectivity index (χ1n) is 4.59. The minimum atomic E-state index is -0.0878. The zero-order valence-electron chi connectivity index (χ0n) is 7.73. The Morgan fingerprint density at radius 1 is 1.31 bits per heavy atom. The predicted molar refractivity (Wildman–Crippen MR) is 59.5 cm³/mol. The van der Waals surface area contributed by atoms with E-state index in [-0.39, 0.29) is 20.9 Å². The average molecular weight is 308 g/mol. The smallest absolute Gasteiger partial charge is 0.101 e. The SMILES string of the molecule is C[C@]12C=C[C@](C)(O1)[C@]1(CBr)C[C@@]12Br. The second-order valence-electron chi connectivity index (χ2n) is 4.84. The second kappa shape index (κ2) is 1.96. The Morgan fingerprint density at radius 3 is 2.31 bits per heavy atom. The first-order chi connectivity index (χ1) is 5.93. The molecule has 2 aliphatic heterocycles. The maximum atomic E-state index is 6.12. The van der Waals surface area contributed by atoms with Crippen molar-refractivity contribution in [2.24, 2.45) is 5.41 Å². The monoisotopic (exact) mass is 306 g/mol. The van der Waals surface area contributed by atoms with E-state index >= 15 is 0 Å². The first-order valence-corrected chi connectivity index (χ1v) is 6.50. The van der Waals surface area contributed by atoms with E-state index in [0.717, 1.165) is 5.33 Å². The van der Waals surface area contributed by atoms with Crippen molar-refractivity contribution in [3.05, 3.63) is 12.2 Å². The van der Waals surface area contributed by atoms with Crippen molar-refractivity contribution in [2.75, 3.05) is 5.33 Å². The number of alkyl halides is 2. The van der Waals surface area contributed by atoms with Gasteiger partial charge in [-0.2, -0.15) is 0 Å². The number of hydrogen-bond acceptors (Lipinski definition) is 1. The molecule has 2 bridgehead atoms. The molecule has 2 fully saturated rings. The number of fused-ring (bicyclic) bond motifs is 5. The molecule has 0 amide bonds. The Bertz CT molecular complexity index is 329. The summed E-state index contributed by atoms with van der Waals surface area (Å²) in [5.41, 5.74) is 0.133. The molecule has 3 rings (SSSR count). The number of rotatable bonds is 1. The molecule has 0 unspecified atom stereocenters. The average Bonchev–Trinajstić information content (AvgIpc) is 2.56. The van der Waals surface area contributed by atoms with Crippen LogP contribution in [0.15, 0.2) is 12.2 Å². The van der Waals surface area contributed by atoms with Crippen LogP contribution in [0.5, 0.6) is 0 Å². The van der Waals surface area contributed by atoms with Crippen molar-refractivity contribution >= 4 is 31.9 Å². The minimum Gasteiger partial charge on any atom is -0.359 e. The van der Waals surface area contributed by atoms with Crippen LogP contribution in [0, 0.1) is 5.41 Å². The fourth-order valence-electron chi connectivity index (χ4n) is 3.17. The highest BCUT2D eigenvalue weighted by atomic mass is 79.9. The van der Waals surface area contributed by atoms with Gasteiger partial charge in [0.15, 0.2) is 0 Å². The highest BCUT2D eigenvalue weighted by Crippen LogP contribution is 2.81. The molecule has 13 heavy (non-hydrogen) atoms. The summed E-state index contributed by atoms with van der Waals surface area (Å²) >= 11 is 7.50. The highest BCUT2D eigenvalue weighted by Gasteiger charge is 2.87. The molecule has 4 atom stereocenters. The van der Waals surface area contributed by atoms with Crippen LogP contribution in [0.4, 0.5) is 0 Å². The Kier molecular flexibility index (Phi) is 1.34. The molecule has 2 heterocycles. The summed E-state index contributed by atoms with van der Waals surface area (Å²) in [5.74, 6) is 0. The normalized spacial score (nSPS) is 67.1.